The molecule has 2 amide bonds. The number of carbonyl (C=O) groups is 2. The highest BCUT2D eigenvalue weighted by Crippen LogP contribution is 2.22. The molecule has 28 heavy (non-hydrogen) atoms. The van der Waals surface area contributed by atoms with Crippen LogP contribution in [0.2, 0.25) is 0 Å². The van der Waals surface area contributed by atoms with E-state index in [1.54, 1.807) is 11.3 Å². The number of carbonyl (C=O) groups excluding carboxylic acids is 2. The van der Waals surface area contributed by atoms with Crippen LogP contribution in [0.25, 0.3) is 10.2 Å². The molecule has 0 aliphatic carbocycles. The van der Waals surface area contributed by atoms with E-state index in [0.717, 1.165) is 16.9 Å². The van der Waals surface area contributed by atoms with E-state index in [1.165, 1.54) is 10.3 Å². The third-order valence-electron chi connectivity index (χ3n) is 5.07. The Balaban J connectivity index is 1.24. The maximum absolute atomic E-state index is 12.5. The summed E-state index contributed by atoms with van der Waals surface area (Å²) < 4.78 is 1.17. The Bertz CT molecular complexity index is 937. The number of benzene rings is 2. The van der Waals surface area contributed by atoms with Crippen molar-refractivity contribution in [3.8, 4) is 0 Å². The standard InChI is InChI=1S/C22H23N3O2S/c26-21-14-17(15-25(21)13-11-16-6-2-1-3-7-16)22(27)23-12-10-20-24-18-8-4-5-9-19(18)28-20/h1-9,17H,10-15H2,(H,23,27). The molecule has 2 aromatic carbocycles. The highest BCUT2D eigenvalue weighted by molar-refractivity contribution is 7.18. The summed E-state index contributed by atoms with van der Waals surface area (Å²) in [5.41, 5.74) is 2.21. The van der Waals surface area contributed by atoms with E-state index in [4.69, 9.17) is 0 Å². The predicted molar refractivity (Wildman–Crippen MR) is 111 cm³/mol. The highest BCUT2D eigenvalue weighted by Gasteiger charge is 2.33. The van der Waals surface area contributed by atoms with Crippen LogP contribution in [0, 0.1) is 5.92 Å². The number of likely N-dealkylation sites (tertiary alicyclic amines) is 1. The number of para-hydroxylation sites is 1. The second-order valence-corrected chi connectivity index (χ2v) is 8.21. The van der Waals surface area contributed by atoms with Crippen molar-refractivity contribution in [2.45, 2.75) is 19.3 Å². The van der Waals surface area contributed by atoms with Crippen molar-refractivity contribution in [3.05, 3.63) is 65.2 Å². The second kappa shape index (κ2) is 8.52. The summed E-state index contributed by atoms with van der Waals surface area (Å²) in [5.74, 6) is -0.211. The molecule has 1 atom stereocenters. The number of fused-ring (bicyclic) bond motifs is 1. The van der Waals surface area contributed by atoms with E-state index in [1.807, 2.05) is 41.3 Å². The van der Waals surface area contributed by atoms with Gasteiger partial charge in [0.15, 0.2) is 0 Å². The van der Waals surface area contributed by atoms with Gasteiger partial charge in [-0.15, -0.1) is 11.3 Å². The molecule has 0 bridgehead atoms. The summed E-state index contributed by atoms with van der Waals surface area (Å²) in [5, 5.41) is 4.00. The monoisotopic (exact) mass is 393 g/mol. The van der Waals surface area contributed by atoms with Crippen LogP contribution < -0.4 is 5.32 Å². The van der Waals surface area contributed by atoms with E-state index in [9.17, 15) is 9.59 Å². The largest absolute Gasteiger partial charge is 0.355 e. The van der Waals surface area contributed by atoms with E-state index < -0.39 is 0 Å². The first-order valence-electron chi connectivity index (χ1n) is 9.63. The van der Waals surface area contributed by atoms with Crippen molar-refractivity contribution in [1.82, 2.24) is 15.2 Å². The first kappa shape index (κ1) is 18.6. The molecule has 4 rings (SSSR count). The van der Waals surface area contributed by atoms with Crippen molar-refractivity contribution >= 4 is 33.4 Å². The van der Waals surface area contributed by atoms with Crippen molar-refractivity contribution in [1.29, 1.82) is 0 Å². The fraction of sp³-hybridized carbons (Fsp3) is 0.318. The highest BCUT2D eigenvalue weighted by atomic mass is 32.1. The number of thiazole rings is 1. The van der Waals surface area contributed by atoms with E-state index in [2.05, 4.69) is 28.5 Å². The Hall–Kier alpha value is -2.73. The van der Waals surface area contributed by atoms with Gasteiger partial charge in [0.1, 0.15) is 0 Å². The van der Waals surface area contributed by atoms with E-state index in [0.29, 0.717) is 32.5 Å². The van der Waals surface area contributed by atoms with Gasteiger partial charge in [-0.25, -0.2) is 4.98 Å². The number of hydrogen-bond acceptors (Lipinski definition) is 4. The molecule has 2 heterocycles. The van der Waals surface area contributed by atoms with Crippen molar-refractivity contribution in [2.24, 2.45) is 5.92 Å². The number of amides is 2. The molecule has 0 spiro atoms. The maximum atomic E-state index is 12.5. The predicted octanol–water partition coefficient (Wildman–Crippen LogP) is 3.05. The van der Waals surface area contributed by atoms with Crippen LogP contribution >= 0.6 is 11.3 Å². The fourth-order valence-corrected chi connectivity index (χ4v) is 4.50. The Labute approximate surface area is 168 Å². The van der Waals surface area contributed by atoms with Crippen LogP contribution in [-0.4, -0.2) is 41.3 Å². The van der Waals surface area contributed by atoms with E-state index >= 15 is 0 Å². The smallest absolute Gasteiger partial charge is 0.225 e. The molecule has 0 saturated carbocycles. The van der Waals surface area contributed by atoms with Gasteiger partial charge in [0, 0.05) is 32.5 Å². The van der Waals surface area contributed by atoms with Crippen LogP contribution in [0.15, 0.2) is 54.6 Å². The zero-order valence-electron chi connectivity index (χ0n) is 15.6. The van der Waals surface area contributed by atoms with Crippen LogP contribution in [0.3, 0.4) is 0 Å². The average molecular weight is 394 g/mol. The summed E-state index contributed by atoms with van der Waals surface area (Å²) in [6.07, 6.45) is 1.84. The lowest BCUT2D eigenvalue weighted by molar-refractivity contribution is -0.129. The molecule has 1 saturated heterocycles. The molecule has 1 aromatic heterocycles. The van der Waals surface area contributed by atoms with E-state index in [-0.39, 0.29) is 17.7 Å². The zero-order chi connectivity index (χ0) is 19.3. The van der Waals surface area contributed by atoms with Crippen LogP contribution in [0.1, 0.15) is 17.0 Å². The number of rotatable bonds is 7. The maximum Gasteiger partial charge on any atom is 0.225 e. The molecule has 144 valence electrons. The number of nitrogens with one attached hydrogen (secondary N) is 1. The molecule has 1 N–H and O–H groups in total. The van der Waals surface area contributed by atoms with Crippen LogP contribution in [-0.2, 0) is 22.4 Å². The Kier molecular flexibility index (Phi) is 5.67. The van der Waals surface area contributed by atoms with Crippen molar-refractivity contribution < 1.29 is 9.59 Å². The number of nitrogens with zero attached hydrogens (tertiary/aromatic N) is 2. The molecule has 3 aromatic rings. The third kappa shape index (κ3) is 4.39. The minimum absolute atomic E-state index is 0.0309. The van der Waals surface area contributed by atoms with Gasteiger partial charge in [-0.2, -0.15) is 0 Å². The Morgan fingerprint density at radius 2 is 1.89 bits per heavy atom. The lowest BCUT2D eigenvalue weighted by Gasteiger charge is -2.16. The lowest BCUT2D eigenvalue weighted by atomic mass is 10.1. The summed E-state index contributed by atoms with van der Waals surface area (Å²) in [6, 6.07) is 18.2. The summed E-state index contributed by atoms with van der Waals surface area (Å²) in [6.45, 7) is 1.73. The Morgan fingerprint density at radius 1 is 1.11 bits per heavy atom. The van der Waals surface area contributed by atoms with Gasteiger partial charge < -0.3 is 10.2 Å². The van der Waals surface area contributed by atoms with Gasteiger partial charge >= 0.3 is 0 Å². The second-order valence-electron chi connectivity index (χ2n) is 7.09. The topological polar surface area (TPSA) is 62.3 Å². The number of aromatic nitrogens is 1. The molecule has 1 unspecified atom stereocenters. The molecular formula is C22H23N3O2S. The average Bonchev–Trinajstić information content (AvgIpc) is 3.30. The summed E-state index contributed by atoms with van der Waals surface area (Å²) >= 11 is 1.66. The third-order valence-corrected chi connectivity index (χ3v) is 6.17. The van der Waals surface area contributed by atoms with Gasteiger partial charge in [-0.3, -0.25) is 9.59 Å². The molecular weight excluding hydrogens is 370 g/mol. The van der Waals surface area contributed by atoms with Crippen LogP contribution in [0.5, 0.6) is 0 Å². The fourth-order valence-electron chi connectivity index (χ4n) is 3.54. The van der Waals surface area contributed by atoms with Crippen molar-refractivity contribution in [2.75, 3.05) is 19.6 Å². The van der Waals surface area contributed by atoms with Gasteiger partial charge in [0.2, 0.25) is 11.8 Å². The number of hydrogen-bond donors (Lipinski definition) is 1. The summed E-state index contributed by atoms with van der Waals surface area (Å²) in [4.78, 5) is 31.1. The molecule has 1 aliphatic rings. The minimum Gasteiger partial charge on any atom is -0.355 e. The minimum atomic E-state index is -0.251. The first-order valence-corrected chi connectivity index (χ1v) is 10.4. The SMILES string of the molecule is O=C(NCCc1nc2ccccc2s1)C1CC(=O)N(CCc2ccccc2)C1. The lowest BCUT2D eigenvalue weighted by Crippen LogP contribution is -2.34. The zero-order valence-corrected chi connectivity index (χ0v) is 16.5. The van der Waals surface area contributed by atoms with Crippen LogP contribution in [0.4, 0.5) is 0 Å². The summed E-state index contributed by atoms with van der Waals surface area (Å²) in [7, 11) is 0. The molecule has 1 aliphatic heterocycles. The molecule has 6 heteroatoms. The molecule has 1 fully saturated rings. The Morgan fingerprint density at radius 3 is 2.71 bits per heavy atom. The van der Waals surface area contributed by atoms with Gasteiger partial charge in [-0.1, -0.05) is 42.5 Å². The van der Waals surface area contributed by atoms with Gasteiger partial charge in [-0.05, 0) is 24.1 Å². The molecule has 0 radical (unpaired) electrons. The first-order chi connectivity index (χ1) is 13.7. The van der Waals surface area contributed by atoms with Gasteiger partial charge in [0.25, 0.3) is 0 Å². The quantitative estimate of drug-likeness (QED) is 0.671. The normalized spacial score (nSPS) is 16.6. The molecule has 5 nitrogen and oxygen atoms in total. The van der Waals surface area contributed by atoms with Gasteiger partial charge in [0.05, 0.1) is 21.1 Å². The van der Waals surface area contributed by atoms with Crippen molar-refractivity contribution in [3.63, 3.8) is 0 Å².